The van der Waals surface area contributed by atoms with Crippen LogP contribution in [0.3, 0.4) is 0 Å². The molecule has 0 aliphatic heterocycles. The predicted molar refractivity (Wildman–Crippen MR) is 85.8 cm³/mol. The van der Waals surface area contributed by atoms with Crippen LogP contribution in [0.1, 0.15) is 18.4 Å². The van der Waals surface area contributed by atoms with Crippen LogP contribution < -0.4 is 10.0 Å². The number of thiocarbonyl (C=S) groups is 1. The molecule has 1 aromatic rings. The highest BCUT2D eigenvalue weighted by molar-refractivity contribution is 7.92. The number of methoxy groups -OCH3 is 1. The smallest absolute Gasteiger partial charge is 0.305 e. The molecule has 0 atom stereocenters. The highest BCUT2D eigenvalue weighted by atomic mass is 32.2. The van der Waals surface area contributed by atoms with Crippen molar-refractivity contribution < 1.29 is 17.9 Å². The number of sulfonamides is 1. The van der Waals surface area contributed by atoms with Gasteiger partial charge in [0.1, 0.15) is 4.99 Å². The van der Waals surface area contributed by atoms with Gasteiger partial charge in [-0.25, -0.2) is 8.42 Å². The number of carbonyl (C=O) groups excluding carboxylic acids is 1. The Kier molecular flexibility index (Phi) is 6.10. The molecule has 6 nitrogen and oxygen atoms in total. The van der Waals surface area contributed by atoms with E-state index in [0.29, 0.717) is 11.3 Å². The monoisotopic (exact) mass is 330 g/mol. The van der Waals surface area contributed by atoms with E-state index in [4.69, 9.17) is 18.0 Å². The number of hydrogen-bond donors (Lipinski definition) is 1. The zero-order valence-electron chi connectivity index (χ0n) is 11.9. The first-order valence-electron chi connectivity index (χ1n) is 6.21. The molecular weight excluding hydrogens is 312 g/mol. The number of esters is 1. The van der Waals surface area contributed by atoms with Crippen molar-refractivity contribution in [2.75, 3.05) is 24.2 Å². The summed E-state index contributed by atoms with van der Waals surface area (Å²) < 4.78 is 30.0. The van der Waals surface area contributed by atoms with E-state index in [0.717, 1.165) is 4.31 Å². The van der Waals surface area contributed by atoms with Crippen LogP contribution in [0.25, 0.3) is 0 Å². The molecule has 2 N–H and O–H groups in total. The lowest BCUT2D eigenvalue weighted by molar-refractivity contribution is -0.140. The Hall–Kier alpha value is -1.67. The van der Waals surface area contributed by atoms with Crippen LogP contribution >= 0.6 is 12.2 Å². The second kappa shape index (κ2) is 7.37. The molecule has 0 aromatic heterocycles. The van der Waals surface area contributed by atoms with E-state index in [-0.39, 0.29) is 23.6 Å². The number of nitrogens with zero attached hydrogens (tertiary/aromatic N) is 1. The van der Waals surface area contributed by atoms with E-state index >= 15 is 0 Å². The zero-order valence-corrected chi connectivity index (χ0v) is 13.5. The van der Waals surface area contributed by atoms with Gasteiger partial charge in [-0.15, -0.1) is 0 Å². The van der Waals surface area contributed by atoms with E-state index < -0.39 is 16.0 Å². The van der Waals surface area contributed by atoms with Gasteiger partial charge >= 0.3 is 5.97 Å². The van der Waals surface area contributed by atoms with Crippen LogP contribution in [-0.4, -0.2) is 39.3 Å². The summed E-state index contributed by atoms with van der Waals surface area (Å²) in [4.78, 5) is 11.2. The van der Waals surface area contributed by atoms with Crippen molar-refractivity contribution in [1.29, 1.82) is 0 Å². The average molecular weight is 330 g/mol. The Balaban J connectivity index is 2.81. The molecule has 0 spiro atoms. The molecule has 0 aliphatic rings. The SMILES string of the molecule is COC(=O)CCCS(=O)(=O)N(C)c1cccc(C(N)=S)c1. The molecule has 0 aliphatic carbocycles. The van der Waals surface area contributed by atoms with Crippen molar-refractivity contribution in [2.45, 2.75) is 12.8 Å². The first-order chi connectivity index (χ1) is 9.77. The second-order valence-corrected chi connectivity index (χ2v) is 6.94. The highest BCUT2D eigenvalue weighted by Crippen LogP contribution is 2.19. The molecule has 0 saturated heterocycles. The van der Waals surface area contributed by atoms with E-state index in [1.807, 2.05) is 0 Å². The van der Waals surface area contributed by atoms with Gasteiger partial charge < -0.3 is 10.5 Å². The maximum absolute atomic E-state index is 12.2. The van der Waals surface area contributed by atoms with E-state index in [1.165, 1.54) is 14.2 Å². The third-order valence-corrected chi connectivity index (χ3v) is 5.01. The Bertz CT molecular complexity index is 629. The van der Waals surface area contributed by atoms with Crippen molar-refractivity contribution in [3.63, 3.8) is 0 Å². The first-order valence-corrected chi connectivity index (χ1v) is 8.23. The average Bonchev–Trinajstić information content (AvgIpc) is 2.46. The standard InChI is InChI=1S/C13H18N2O4S2/c1-15(11-6-3-5-10(9-11)13(14)20)21(17,18)8-4-7-12(16)19-2/h3,5-6,9H,4,7-8H2,1-2H3,(H2,14,20). The number of anilines is 1. The third-order valence-electron chi connectivity index (χ3n) is 2.92. The molecule has 8 heteroatoms. The summed E-state index contributed by atoms with van der Waals surface area (Å²) in [5.74, 6) is -0.570. The largest absolute Gasteiger partial charge is 0.469 e. The van der Waals surface area contributed by atoms with E-state index in [1.54, 1.807) is 24.3 Å². The minimum Gasteiger partial charge on any atom is -0.469 e. The van der Waals surface area contributed by atoms with Gasteiger partial charge in [0.05, 0.1) is 18.6 Å². The van der Waals surface area contributed by atoms with Crippen molar-refractivity contribution in [2.24, 2.45) is 5.73 Å². The molecule has 0 amide bonds. The van der Waals surface area contributed by atoms with Crippen LogP contribution in [0.2, 0.25) is 0 Å². The molecular formula is C13H18N2O4S2. The number of ether oxygens (including phenoxy) is 1. The summed E-state index contributed by atoms with van der Waals surface area (Å²) in [7, 11) is -0.800. The molecule has 1 aromatic carbocycles. The molecule has 0 unspecified atom stereocenters. The van der Waals surface area contributed by atoms with Crippen molar-refractivity contribution in [1.82, 2.24) is 0 Å². The predicted octanol–water partition coefficient (Wildman–Crippen LogP) is 1.04. The molecule has 21 heavy (non-hydrogen) atoms. The molecule has 0 bridgehead atoms. The van der Waals surface area contributed by atoms with Crippen LogP contribution in [0, 0.1) is 0 Å². The molecule has 0 fully saturated rings. The molecule has 0 heterocycles. The fourth-order valence-corrected chi connectivity index (χ4v) is 3.00. The van der Waals surface area contributed by atoms with Crippen molar-refractivity contribution in [3.8, 4) is 0 Å². The summed E-state index contributed by atoms with van der Waals surface area (Å²) in [5.41, 5.74) is 6.60. The number of nitrogens with two attached hydrogens (primary N) is 1. The van der Waals surface area contributed by atoms with Gasteiger partial charge in [0, 0.05) is 19.0 Å². The van der Waals surface area contributed by atoms with Gasteiger partial charge in [-0.3, -0.25) is 9.10 Å². The topological polar surface area (TPSA) is 89.7 Å². The number of benzene rings is 1. The van der Waals surface area contributed by atoms with Gasteiger partial charge in [0.15, 0.2) is 0 Å². The Morgan fingerprint density at radius 2 is 2.10 bits per heavy atom. The number of hydrogen-bond acceptors (Lipinski definition) is 5. The van der Waals surface area contributed by atoms with Crippen LogP contribution in [-0.2, 0) is 19.6 Å². The second-order valence-electron chi connectivity index (χ2n) is 4.38. The Morgan fingerprint density at radius 3 is 2.67 bits per heavy atom. The highest BCUT2D eigenvalue weighted by Gasteiger charge is 2.19. The maximum atomic E-state index is 12.2. The van der Waals surface area contributed by atoms with E-state index in [9.17, 15) is 13.2 Å². The van der Waals surface area contributed by atoms with Crippen LogP contribution in [0.4, 0.5) is 5.69 Å². The molecule has 1 rings (SSSR count). The minimum absolute atomic E-state index is 0.0660. The third kappa shape index (κ3) is 4.98. The quantitative estimate of drug-likeness (QED) is 0.593. The Morgan fingerprint density at radius 1 is 1.43 bits per heavy atom. The van der Waals surface area contributed by atoms with Crippen molar-refractivity contribution in [3.05, 3.63) is 29.8 Å². The van der Waals surface area contributed by atoms with Crippen molar-refractivity contribution >= 4 is 38.9 Å². The summed E-state index contributed by atoms with van der Waals surface area (Å²) in [6, 6.07) is 6.66. The number of rotatable bonds is 7. The fraction of sp³-hybridized carbons (Fsp3) is 0.385. The van der Waals surface area contributed by atoms with E-state index in [2.05, 4.69) is 4.74 Å². The fourth-order valence-electron chi connectivity index (χ4n) is 1.65. The van der Waals surface area contributed by atoms with Gasteiger partial charge in [-0.2, -0.15) is 0 Å². The molecule has 116 valence electrons. The first kappa shape index (κ1) is 17.4. The van der Waals surface area contributed by atoms with Gasteiger partial charge in [-0.1, -0.05) is 24.4 Å². The van der Waals surface area contributed by atoms with Crippen LogP contribution in [0.5, 0.6) is 0 Å². The molecule has 0 saturated carbocycles. The summed E-state index contributed by atoms with van der Waals surface area (Å²) in [6.45, 7) is 0. The lowest BCUT2D eigenvalue weighted by atomic mass is 10.2. The Labute approximate surface area is 129 Å². The summed E-state index contributed by atoms with van der Waals surface area (Å²) >= 11 is 4.87. The lowest BCUT2D eigenvalue weighted by Crippen LogP contribution is -2.29. The summed E-state index contributed by atoms with van der Waals surface area (Å²) in [5, 5.41) is 0. The van der Waals surface area contributed by atoms with Gasteiger partial charge in [-0.05, 0) is 18.6 Å². The molecule has 0 radical (unpaired) electrons. The normalized spacial score (nSPS) is 11.0. The van der Waals surface area contributed by atoms with Gasteiger partial charge in [0.25, 0.3) is 0 Å². The number of carbonyl (C=O) groups is 1. The maximum Gasteiger partial charge on any atom is 0.305 e. The zero-order chi connectivity index (χ0) is 16.0. The lowest BCUT2D eigenvalue weighted by Gasteiger charge is -2.20. The van der Waals surface area contributed by atoms with Crippen LogP contribution in [0.15, 0.2) is 24.3 Å². The minimum atomic E-state index is -3.52. The van der Waals surface area contributed by atoms with Gasteiger partial charge in [0.2, 0.25) is 10.0 Å². The summed E-state index contributed by atoms with van der Waals surface area (Å²) in [6.07, 6.45) is 0.269.